The van der Waals surface area contributed by atoms with Gasteiger partial charge >= 0.3 is 5.97 Å². The van der Waals surface area contributed by atoms with Gasteiger partial charge in [-0.3, -0.25) is 14.9 Å². The van der Waals surface area contributed by atoms with E-state index < -0.39 is 34.7 Å². The predicted octanol–water partition coefficient (Wildman–Crippen LogP) is 5.38. The van der Waals surface area contributed by atoms with Crippen LogP contribution in [0, 0.1) is 11.2 Å². The van der Waals surface area contributed by atoms with Gasteiger partial charge in [-0.05, 0) is 67.3 Å². The molecule has 2 fully saturated rings. The number of halogens is 3. The zero-order valence-electron chi connectivity index (χ0n) is 19.9. The maximum absolute atomic E-state index is 15.6. The molecule has 2 spiro atoms. The fourth-order valence-corrected chi connectivity index (χ4v) is 6.88. The number of aromatic nitrogens is 1. The molecule has 35 heavy (non-hydrogen) atoms. The third-order valence-electron chi connectivity index (χ3n) is 8.21. The van der Waals surface area contributed by atoms with Crippen LogP contribution in [0.5, 0.6) is 0 Å². The highest BCUT2D eigenvalue weighted by molar-refractivity contribution is 6.31. The Kier molecular flexibility index (Phi) is 5.89. The Morgan fingerprint density at radius 3 is 2.60 bits per heavy atom. The first kappa shape index (κ1) is 24.5. The Morgan fingerprint density at radius 2 is 1.91 bits per heavy atom. The lowest BCUT2D eigenvalue weighted by Gasteiger charge is -2.50. The highest BCUT2D eigenvalue weighted by atomic mass is 35.5. The third-order valence-corrected chi connectivity index (χ3v) is 8.71. The molecule has 2 aliphatic heterocycles. The summed E-state index contributed by atoms with van der Waals surface area (Å²) >= 11 is 12.4. The topological polar surface area (TPSA) is 80.3 Å². The molecular weight excluding hydrogens is 492 g/mol. The van der Waals surface area contributed by atoms with E-state index in [4.69, 9.17) is 27.9 Å². The van der Waals surface area contributed by atoms with Crippen molar-refractivity contribution in [2.45, 2.75) is 69.4 Å². The Morgan fingerprint density at radius 1 is 1.20 bits per heavy atom. The average molecular weight is 520 g/mol. The second-order valence-corrected chi connectivity index (χ2v) is 11.3. The minimum absolute atomic E-state index is 0.0781. The standard InChI is InChI=1S/C26H28Cl2FN3O3/c1-4-35-22(33)20-18(15-7-12-30-21(28)19(15)29)26(25(32-20)10-8-24(2,3)9-11-25)16-6-5-14(27)13-17(16)31-23(26)34/h5-7,12-13,18,20,32H,4,8-11H2,1-3H3,(H,31,34)/t18-,20+,26+/m1/s1. The molecule has 1 aromatic carbocycles. The van der Waals surface area contributed by atoms with Gasteiger partial charge in [0.2, 0.25) is 5.91 Å². The van der Waals surface area contributed by atoms with Crippen molar-refractivity contribution in [1.82, 2.24) is 10.3 Å². The molecule has 0 radical (unpaired) electrons. The Bertz CT molecular complexity index is 1210. The van der Waals surface area contributed by atoms with E-state index in [1.54, 1.807) is 19.1 Å². The minimum Gasteiger partial charge on any atom is -0.465 e. The number of carbonyl (C=O) groups excluding carboxylic acids is 2. The molecule has 6 nitrogen and oxygen atoms in total. The summed E-state index contributed by atoms with van der Waals surface area (Å²) in [6.07, 6.45) is 4.32. The van der Waals surface area contributed by atoms with Crippen LogP contribution in [0.15, 0.2) is 30.5 Å². The number of pyridine rings is 1. The van der Waals surface area contributed by atoms with E-state index in [1.807, 2.05) is 6.07 Å². The highest BCUT2D eigenvalue weighted by Gasteiger charge is 2.73. The summed E-state index contributed by atoms with van der Waals surface area (Å²) in [4.78, 5) is 31.4. The van der Waals surface area contributed by atoms with Crippen molar-refractivity contribution in [2.24, 2.45) is 5.41 Å². The Labute approximate surface area is 213 Å². The van der Waals surface area contributed by atoms with Crippen molar-refractivity contribution in [3.63, 3.8) is 0 Å². The fourth-order valence-electron chi connectivity index (χ4n) is 6.54. The van der Waals surface area contributed by atoms with Crippen molar-refractivity contribution in [3.8, 4) is 0 Å². The fraction of sp³-hybridized carbons (Fsp3) is 0.500. The molecule has 3 atom stereocenters. The van der Waals surface area contributed by atoms with Crippen LogP contribution in [-0.2, 0) is 19.7 Å². The van der Waals surface area contributed by atoms with E-state index in [1.165, 1.54) is 12.3 Å². The number of ether oxygens (including phenoxy) is 1. The van der Waals surface area contributed by atoms with Gasteiger partial charge < -0.3 is 10.1 Å². The first-order valence-electron chi connectivity index (χ1n) is 11.9. The van der Waals surface area contributed by atoms with Gasteiger partial charge in [0.05, 0.1) is 6.61 Å². The van der Waals surface area contributed by atoms with Gasteiger partial charge in [-0.2, -0.15) is 0 Å². The van der Waals surface area contributed by atoms with Gasteiger partial charge in [0.25, 0.3) is 0 Å². The first-order chi connectivity index (χ1) is 16.6. The molecule has 1 saturated carbocycles. The van der Waals surface area contributed by atoms with E-state index in [9.17, 15) is 9.59 Å². The third kappa shape index (κ3) is 3.50. The molecule has 0 unspecified atom stereocenters. The van der Waals surface area contributed by atoms with E-state index in [0.29, 0.717) is 29.1 Å². The van der Waals surface area contributed by atoms with Crippen LogP contribution >= 0.6 is 23.2 Å². The van der Waals surface area contributed by atoms with Gasteiger partial charge in [0.15, 0.2) is 11.0 Å². The molecule has 1 amide bonds. The zero-order valence-corrected chi connectivity index (χ0v) is 21.4. The quantitative estimate of drug-likeness (QED) is 0.420. The van der Waals surface area contributed by atoms with Crippen LogP contribution in [0.25, 0.3) is 0 Å². The molecule has 3 heterocycles. The summed E-state index contributed by atoms with van der Waals surface area (Å²) in [7, 11) is 0. The maximum atomic E-state index is 15.6. The molecule has 9 heteroatoms. The molecule has 2 aromatic rings. The smallest absolute Gasteiger partial charge is 0.323 e. The van der Waals surface area contributed by atoms with Crippen LogP contribution in [0.2, 0.25) is 10.2 Å². The summed E-state index contributed by atoms with van der Waals surface area (Å²) in [5.41, 5.74) is -0.584. The van der Waals surface area contributed by atoms with E-state index in [0.717, 1.165) is 12.8 Å². The van der Waals surface area contributed by atoms with Crippen LogP contribution in [0.1, 0.15) is 63.5 Å². The molecule has 1 saturated heterocycles. The largest absolute Gasteiger partial charge is 0.465 e. The number of hydrogen-bond acceptors (Lipinski definition) is 5. The van der Waals surface area contributed by atoms with E-state index in [2.05, 4.69) is 29.5 Å². The highest BCUT2D eigenvalue weighted by Crippen LogP contribution is 2.64. The van der Waals surface area contributed by atoms with E-state index >= 15 is 4.39 Å². The van der Waals surface area contributed by atoms with Crippen molar-refractivity contribution < 1.29 is 18.7 Å². The summed E-state index contributed by atoms with van der Waals surface area (Å²) in [6, 6.07) is 5.80. The lowest BCUT2D eigenvalue weighted by atomic mass is 9.53. The van der Waals surface area contributed by atoms with Gasteiger partial charge in [-0.15, -0.1) is 0 Å². The summed E-state index contributed by atoms with van der Waals surface area (Å²) in [6.45, 7) is 6.29. The first-order valence-corrected chi connectivity index (χ1v) is 12.7. The Balaban J connectivity index is 1.82. The van der Waals surface area contributed by atoms with Crippen molar-refractivity contribution in [2.75, 3.05) is 11.9 Å². The number of hydrogen-bond donors (Lipinski definition) is 2. The van der Waals surface area contributed by atoms with Gasteiger partial charge in [-0.1, -0.05) is 43.1 Å². The van der Waals surface area contributed by atoms with Crippen molar-refractivity contribution >= 4 is 40.8 Å². The van der Waals surface area contributed by atoms with Gasteiger partial charge in [-0.25, -0.2) is 9.37 Å². The lowest BCUT2D eigenvalue weighted by molar-refractivity contribution is -0.146. The summed E-state index contributed by atoms with van der Waals surface area (Å²) < 4.78 is 21.1. The molecule has 1 aromatic heterocycles. The number of anilines is 1. The SMILES string of the molecule is CCOC(=O)[C@H]1NC2(CCC(C)(C)CC2)[C@]2(C(=O)Nc3cc(Cl)ccc32)[C@@H]1c1ccnc(Cl)c1F. The number of nitrogens with zero attached hydrogens (tertiary/aromatic N) is 1. The van der Waals surface area contributed by atoms with E-state index in [-0.39, 0.29) is 28.6 Å². The van der Waals surface area contributed by atoms with Crippen LogP contribution < -0.4 is 10.6 Å². The maximum Gasteiger partial charge on any atom is 0.323 e. The number of rotatable bonds is 3. The van der Waals surface area contributed by atoms with Gasteiger partial charge in [0.1, 0.15) is 11.5 Å². The lowest BCUT2D eigenvalue weighted by Crippen LogP contribution is -2.61. The molecule has 5 rings (SSSR count). The summed E-state index contributed by atoms with van der Waals surface area (Å²) in [5, 5.41) is 6.72. The normalized spacial score (nSPS) is 28.2. The molecular formula is C26H28Cl2FN3O3. The molecule has 1 aliphatic carbocycles. The number of fused-ring (bicyclic) bond motifs is 3. The monoisotopic (exact) mass is 519 g/mol. The van der Waals surface area contributed by atoms with Crippen LogP contribution in [-0.4, -0.2) is 35.0 Å². The number of carbonyl (C=O) groups is 2. The molecule has 2 N–H and O–H groups in total. The summed E-state index contributed by atoms with van der Waals surface area (Å²) in [5.74, 6) is -2.46. The van der Waals surface area contributed by atoms with Crippen LogP contribution in [0.3, 0.4) is 0 Å². The molecule has 0 bridgehead atoms. The Hall–Kier alpha value is -2.22. The predicted molar refractivity (Wildman–Crippen MR) is 132 cm³/mol. The molecule has 186 valence electrons. The number of nitrogens with one attached hydrogen (secondary N) is 2. The average Bonchev–Trinajstić information content (AvgIpc) is 3.26. The minimum atomic E-state index is -1.29. The van der Waals surface area contributed by atoms with Crippen LogP contribution in [0.4, 0.5) is 10.1 Å². The molecule has 3 aliphatic rings. The van der Waals surface area contributed by atoms with Crippen molar-refractivity contribution in [3.05, 3.63) is 57.6 Å². The second kappa shape index (κ2) is 8.43. The van der Waals surface area contributed by atoms with Crippen molar-refractivity contribution in [1.29, 1.82) is 0 Å². The van der Waals surface area contributed by atoms with Gasteiger partial charge in [0, 0.05) is 28.4 Å². The number of esters is 1. The zero-order chi connectivity index (χ0) is 25.2. The number of benzene rings is 1. The second-order valence-electron chi connectivity index (χ2n) is 10.6. The number of amides is 1.